The second kappa shape index (κ2) is 11.0. The van der Waals surface area contributed by atoms with Gasteiger partial charge in [0.2, 0.25) is 0 Å². The van der Waals surface area contributed by atoms with E-state index >= 15 is 8.78 Å². The van der Waals surface area contributed by atoms with Crippen molar-refractivity contribution in [2.45, 2.75) is 76.3 Å². The first-order valence-corrected chi connectivity index (χ1v) is 16.3. The summed E-state index contributed by atoms with van der Waals surface area (Å²) in [6.45, 7) is 6.89. The van der Waals surface area contributed by atoms with Crippen molar-refractivity contribution in [2.75, 3.05) is 31.9 Å². The number of anilines is 1. The lowest BCUT2D eigenvalue weighted by Gasteiger charge is -2.42. The van der Waals surface area contributed by atoms with Crippen LogP contribution >= 0.6 is 0 Å². The number of fused-ring (bicyclic) bond motifs is 7. The summed E-state index contributed by atoms with van der Waals surface area (Å²) in [4.78, 5) is 27.0. The number of amides is 1. The van der Waals surface area contributed by atoms with Crippen molar-refractivity contribution >= 4 is 33.5 Å². The molecule has 1 saturated carbocycles. The van der Waals surface area contributed by atoms with Crippen molar-refractivity contribution in [1.82, 2.24) is 14.9 Å². The summed E-state index contributed by atoms with van der Waals surface area (Å²) in [5, 5.41) is 1.91. The first kappa shape index (κ1) is 30.8. The summed E-state index contributed by atoms with van der Waals surface area (Å²) in [5.41, 5.74) is 0.609. The highest BCUT2D eigenvalue weighted by Gasteiger charge is 2.54. The summed E-state index contributed by atoms with van der Waals surface area (Å²) in [7, 11) is 1.50. The third-order valence-electron chi connectivity index (χ3n) is 9.85. The maximum atomic E-state index is 17.4. The van der Waals surface area contributed by atoms with Gasteiger partial charge in [-0.15, -0.1) is 6.42 Å². The summed E-state index contributed by atoms with van der Waals surface area (Å²) < 4.78 is 55.4. The van der Waals surface area contributed by atoms with Crippen LogP contribution in [0, 0.1) is 24.0 Å². The molecule has 11 heteroatoms. The topological polar surface area (TPSA) is 86.3 Å². The lowest BCUT2D eigenvalue weighted by atomic mass is 9.93. The Bertz CT molecular complexity index is 2040. The Hall–Kier alpha value is -4.53. The van der Waals surface area contributed by atoms with Gasteiger partial charge >= 0.3 is 6.09 Å². The highest BCUT2D eigenvalue weighted by molar-refractivity contribution is 6.04. The molecule has 48 heavy (non-hydrogen) atoms. The molecule has 2 aromatic carbocycles. The van der Waals surface area contributed by atoms with Gasteiger partial charge in [-0.2, -0.15) is 0 Å². The number of nitrogens with zero attached hydrogens (tertiary/aromatic N) is 4. The SMILES string of the molecule is C#Cc1c(F)ccc2cc(OCOC)cc(-c3ncc4c(N5CC6CCC(C5)N6C(=O)OC(C)(C)C)nc5c(c4c3F)C3(CC3)OC5)c12. The largest absolute Gasteiger partial charge is 0.468 e. The maximum absolute atomic E-state index is 17.4. The molecule has 1 aliphatic carbocycles. The third kappa shape index (κ3) is 4.84. The molecule has 4 aromatic rings. The molecule has 3 fully saturated rings. The van der Waals surface area contributed by atoms with E-state index in [1.54, 1.807) is 24.4 Å². The quantitative estimate of drug-likeness (QED) is 0.172. The van der Waals surface area contributed by atoms with Crippen LogP contribution in [0.25, 0.3) is 32.8 Å². The molecule has 1 spiro atoms. The highest BCUT2D eigenvalue weighted by atomic mass is 19.1. The average Bonchev–Trinajstić information content (AvgIpc) is 3.67. The number of terminal acetylenes is 1. The highest BCUT2D eigenvalue weighted by Crippen LogP contribution is 2.58. The van der Waals surface area contributed by atoms with E-state index in [-0.39, 0.29) is 42.8 Å². The molecule has 9 nitrogen and oxygen atoms in total. The Morgan fingerprint density at radius 1 is 1.15 bits per heavy atom. The Balaban J connectivity index is 1.29. The minimum absolute atomic E-state index is 0.0167. The molecule has 2 bridgehead atoms. The number of rotatable bonds is 5. The van der Waals surface area contributed by atoms with Gasteiger partial charge in [0.25, 0.3) is 0 Å². The number of piperazine rings is 1. The minimum Gasteiger partial charge on any atom is -0.468 e. The van der Waals surface area contributed by atoms with Crippen LogP contribution in [0.15, 0.2) is 30.5 Å². The number of methoxy groups -OCH3 is 1. The fraction of sp³-hybridized carbons (Fsp3) is 0.432. The zero-order valence-electron chi connectivity index (χ0n) is 27.4. The van der Waals surface area contributed by atoms with Gasteiger partial charge in [0.15, 0.2) is 12.6 Å². The number of hydrogen-bond donors (Lipinski definition) is 0. The van der Waals surface area contributed by atoms with Crippen LogP contribution in [0.3, 0.4) is 0 Å². The summed E-state index contributed by atoms with van der Waals surface area (Å²) in [5.74, 6) is 2.32. The summed E-state index contributed by atoms with van der Waals surface area (Å²) in [6, 6.07) is 6.09. The molecule has 4 aliphatic rings. The predicted molar refractivity (Wildman–Crippen MR) is 176 cm³/mol. The van der Waals surface area contributed by atoms with Crippen molar-refractivity contribution in [2.24, 2.45) is 0 Å². The second-order valence-electron chi connectivity index (χ2n) is 14.1. The van der Waals surface area contributed by atoms with E-state index in [2.05, 4.69) is 10.8 Å². The molecular weight excluding hydrogens is 618 g/mol. The molecule has 248 valence electrons. The predicted octanol–water partition coefficient (Wildman–Crippen LogP) is 6.80. The van der Waals surface area contributed by atoms with Gasteiger partial charge in [0.1, 0.15) is 28.7 Å². The number of benzene rings is 2. The maximum Gasteiger partial charge on any atom is 0.410 e. The van der Waals surface area contributed by atoms with Gasteiger partial charge in [-0.1, -0.05) is 12.0 Å². The van der Waals surface area contributed by atoms with Gasteiger partial charge < -0.3 is 23.8 Å². The molecular formula is C37H36F2N4O5. The molecule has 2 atom stereocenters. The Labute approximate surface area is 277 Å². The van der Waals surface area contributed by atoms with Gasteiger partial charge in [0, 0.05) is 53.7 Å². The average molecular weight is 655 g/mol. The van der Waals surface area contributed by atoms with Crippen molar-refractivity contribution in [3.63, 3.8) is 0 Å². The molecule has 0 radical (unpaired) electrons. The first-order chi connectivity index (χ1) is 23.0. The van der Waals surface area contributed by atoms with Crippen molar-refractivity contribution < 1.29 is 32.5 Å². The van der Waals surface area contributed by atoms with E-state index in [0.717, 1.165) is 31.2 Å². The normalized spacial score (nSPS) is 20.8. The molecule has 8 rings (SSSR count). The Morgan fingerprint density at radius 2 is 1.90 bits per heavy atom. The van der Waals surface area contributed by atoms with Crippen molar-refractivity contribution in [3.8, 4) is 29.4 Å². The summed E-state index contributed by atoms with van der Waals surface area (Å²) in [6.07, 6.45) is 10.4. The summed E-state index contributed by atoms with van der Waals surface area (Å²) >= 11 is 0. The number of hydrogen-bond acceptors (Lipinski definition) is 8. The van der Waals surface area contributed by atoms with Crippen molar-refractivity contribution in [1.29, 1.82) is 0 Å². The third-order valence-corrected chi connectivity index (χ3v) is 9.85. The second-order valence-corrected chi connectivity index (χ2v) is 14.1. The van der Waals surface area contributed by atoms with Crippen LogP contribution in [-0.4, -0.2) is 65.6 Å². The van der Waals surface area contributed by atoms with Gasteiger partial charge in [-0.3, -0.25) is 9.88 Å². The van der Waals surface area contributed by atoms with Crippen LogP contribution in [0.2, 0.25) is 0 Å². The molecule has 2 unspecified atom stereocenters. The minimum atomic E-state index is -0.599. The van der Waals surface area contributed by atoms with Crippen LogP contribution < -0.4 is 9.64 Å². The smallest absolute Gasteiger partial charge is 0.410 e. The Kier molecular flexibility index (Phi) is 7.06. The van der Waals surface area contributed by atoms with E-state index in [4.69, 9.17) is 35.3 Å². The number of ether oxygens (including phenoxy) is 4. The molecule has 5 heterocycles. The van der Waals surface area contributed by atoms with Crippen LogP contribution in [0.5, 0.6) is 5.75 Å². The van der Waals surface area contributed by atoms with E-state index in [0.29, 0.717) is 57.5 Å². The number of carbonyl (C=O) groups excluding carboxylic acids is 1. The van der Waals surface area contributed by atoms with Crippen LogP contribution in [0.1, 0.15) is 63.3 Å². The molecule has 1 amide bonds. The fourth-order valence-electron chi connectivity index (χ4n) is 7.74. The van der Waals surface area contributed by atoms with E-state index in [9.17, 15) is 4.79 Å². The van der Waals surface area contributed by atoms with Gasteiger partial charge in [0.05, 0.1) is 35.5 Å². The van der Waals surface area contributed by atoms with E-state index in [1.807, 2.05) is 25.7 Å². The standard InChI is InChI=1S/C37H36F2N4O5/c1-6-24-27(38)10-7-20-13-23(46-19-45-5)14-25(29(20)24)33-32(39)30-26(15-40-33)34(41-28-18-47-37(11-12-37)31(28)30)42-16-21-8-9-22(17-42)43(21)35(44)48-36(2,3)4/h1,7,10,13-15,21-22H,8-9,11-12,16-19H2,2-5H3. The van der Waals surface area contributed by atoms with E-state index in [1.165, 1.54) is 13.2 Å². The molecule has 0 N–H and O–H groups in total. The molecule has 2 saturated heterocycles. The molecule has 3 aliphatic heterocycles. The molecule has 2 aromatic heterocycles. The fourth-order valence-corrected chi connectivity index (χ4v) is 7.74. The lowest BCUT2D eigenvalue weighted by Crippen LogP contribution is -2.57. The number of halogens is 2. The van der Waals surface area contributed by atoms with Gasteiger partial charge in [-0.25, -0.2) is 18.6 Å². The van der Waals surface area contributed by atoms with E-state index < -0.39 is 22.8 Å². The van der Waals surface area contributed by atoms with Crippen LogP contribution in [0.4, 0.5) is 19.4 Å². The zero-order chi connectivity index (χ0) is 33.5. The number of carbonyl (C=O) groups is 1. The Morgan fingerprint density at radius 3 is 2.56 bits per heavy atom. The zero-order valence-corrected chi connectivity index (χ0v) is 27.4. The monoisotopic (exact) mass is 654 g/mol. The van der Waals surface area contributed by atoms with Crippen LogP contribution in [-0.2, 0) is 26.4 Å². The number of aromatic nitrogens is 2. The van der Waals surface area contributed by atoms with Gasteiger partial charge in [-0.05, 0) is 70.0 Å². The van der Waals surface area contributed by atoms with Crippen molar-refractivity contribution in [3.05, 3.63) is 58.9 Å². The lowest BCUT2D eigenvalue weighted by molar-refractivity contribution is 0.0123. The first-order valence-electron chi connectivity index (χ1n) is 16.3. The number of pyridine rings is 2.